The van der Waals surface area contributed by atoms with E-state index >= 15 is 0 Å². The molecule has 0 saturated carbocycles. The fourth-order valence-corrected chi connectivity index (χ4v) is 9.80. The number of likely N-dealkylation sites (N-methyl/N-ethyl adjacent to an activating group) is 1. The van der Waals surface area contributed by atoms with Crippen LogP contribution in [-0.4, -0.2) is 70.0 Å². The molecule has 2 atom stereocenters. The Labute approximate surface area is 529 Å². The maximum atomic E-state index is 12.8. The van der Waals surface area contributed by atoms with Gasteiger partial charge in [-0.25, -0.2) is 0 Å². The molecule has 86 heavy (non-hydrogen) atoms. The molecule has 0 heterocycles. The Balaban J connectivity index is 4.20. The monoisotopic (exact) mass is 1210 g/mol. The quantitative estimate of drug-likeness (QED) is 0.0195. The molecule has 0 aliphatic heterocycles. The van der Waals surface area contributed by atoms with E-state index in [4.69, 9.17) is 18.5 Å². The molecule has 0 N–H and O–H groups in total. The molecule has 0 bridgehead atoms. The first-order valence-electron chi connectivity index (χ1n) is 34.5. The molecular formula is C76H128NO8P. The summed E-state index contributed by atoms with van der Waals surface area (Å²) in [5.74, 6) is -0.876. The second kappa shape index (κ2) is 65.3. The number of carbonyl (C=O) groups excluding carboxylic acids is 2. The maximum Gasteiger partial charge on any atom is 0.306 e. The van der Waals surface area contributed by atoms with Crippen molar-refractivity contribution in [3.63, 3.8) is 0 Å². The van der Waals surface area contributed by atoms with Gasteiger partial charge in [-0.3, -0.25) is 14.2 Å². The molecule has 490 valence electrons. The molecular weight excluding hydrogens is 1090 g/mol. The van der Waals surface area contributed by atoms with E-state index in [2.05, 4.69) is 160 Å². The SMILES string of the molecule is CC/C=C\C/C=C\C/C=C\C/C=C\C/C=C\C/C=C\C/C=C\C/C=C\C/C=C\C/C=C\C/C=C\CCCCCC(=O)OC(COC(=O)CCCCCCCCCCCCCCC/C=C\CCCCCCCCCC)COP(=O)([O-])OCC[N+](C)(C)C. The van der Waals surface area contributed by atoms with Crippen molar-refractivity contribution < 1.29 is 42.1 Å². The number of unbranched alkanes of at least 4 members (excludes halogenated alkanes) is 24. The van der Waals surface area contributed by atoms with Crippen molar-refractivity contribution in [2.24, 2.45) is 0 Å². The molecule has 9 nitrogen and oxygen atoms in total. The normalized spacial score (nSPS) is 14.1. The first kappa shape index (κ1) is 81.9. The zero-order valence-corrected chi connectivity index (χ0v) is 56.6. The number of nitrogens with zero attached hydrogens (tertiary/aromatic N) is 1. The first-order valence-corrected chi connectivity index (χ1v) is 36.0. The number of phosphoric acid groups is 1. The lowest BCUT2D eigenvalue weighted by atomic mass is 10.0. The van der Waals surface area contributed by atoms with E-state index in [1.165, 1.54) is 128 Å². The predicted octanol–water partition coefficient (Wildman–Crippen LogP) is 22.0. The first-order chi connectivity index (χ1) is 42.0. The molecule has 0 amide bonds. The van der Waals surface area contributed by atoms with Crippen molar-refractivity contribution >= 4 is 19.8 Å². The third-order valence-electron chi connectivity index (χ3n) is 14.3. The number of esters is 2. The Bertz CT molecular complexity index is 1960. The van der Waals surface area contributed by atoms with Gasteiger partial charge in [-0.1, -0.05) is 282 Å². The highest BCUT2D eigenvalue weighted by molar-refractivity contribution is 7.45. The van der Waals surface area contributed by atoms with Gasteiger partial charge in [0.15, 0.2) is 6.10 Å². The van der Waals surface area contributed by atoms with E-state index in [1.54, 1.807) is 0 Å². The largest absolute Gasteiger partial charge is 0.756 e. The van der Waals surface area contributed by atoms with Crippen LogP contribution in [0.1, 0.15) is 271 Å². The molecule has 0 aliphatic carbocycles. The molecule has 0 aromatic carbocycles. The summed E-state index contributed by atoms with van der Waals surface area (Å²) in [7, 11) is 1.13. The molecule has 0 aromatic rings. The summed E-state index contributed by atoms with van der Waals surface area (Å²) in [6.07, 6.45) is 96.4. The Morgan fingerprint density at radius 2 is 0.663 bits per heavy atom. The van der Waals surface area contributed by atoms with Gasteiger partial charge in [-0.05, 0) is 122 Å². The molecule has 0 radical (unpaired) electrons. The standard InChI is InChI=1S/C76H128NO8P/c1-6-8-10-12-14-16-18-20-22-24-26-28-30-32-33-34-35-36-37-38-39-40-41-42-43-45-47-49-51-53-55-57-59-61-63-65-67-69-76(79)85-74(73-84-86(80,81)83-71-70-77(3,4)5)72-82-75(78)68-66-64-62-60-58-56-54-52-50-48-46-44-31-29-27-25-23-21-19-17-15-13-11-9-7-2/h8,10,14,16,20,22,25-28,32-33,35-36,38-39,41-42,45,47,51,53,57,59,74H,6-7,9,11-13,15,17-19,21,23-24,29-31,34,37,40,43-44,46,48-50,52,54-56,58,60-73H2,1-5H3/b10-8-,16-14-,22-20-,27-25-,28-26-,33-32-,36-35-,39-38-,42-41-,47-45-,53-51-,59-57-. The Morgan fingerprint density at radius 3 is 1.01 bits per heavy atom. The van der Waals surface area contributed by atoms with Crippen LogP contribution in [0, 0.1) is 0 Å². The van der Waals surface area contributed by atoms with E-state index in [9.17, 15) is 19.0 Å². The third-order valence-corrected chi connectivity index (χ3v) is 15.3. The number of ether oxygens (including phenoxy) is 2. The van der Waals surface area contributed by atoms with Gasteiger partial charge < -0.3 is 27.9 Å². The average Bonchev–Trinajstić information content (AvgIpc) is 3.67. The number of carbonyl (C=O) groups is 2. The number of phosphoric ester groups is 1. The second-order valence-corrected chi connectivity index (χ2v) is 25.2. The highest BCUT2D eigenvalue weighted by Gasteiger charge is 2.22. The molecule has 0 aromatic heterocycles. The molecule has 0 rings (SSSR count). The minimum atomic E-state index is -4.66. The average molecular weight is 1210 g/mol. The van der Waals surface area contributed by atoms with Crippen molar-refractivity contribution in [2.75, 3.05) is 47.5 Å². The summed E-state index contributed by atoms with van der Waals surface area (Å²) in [6.45, 7) is 4.09. The fraction of sp³-hybridized carbons (Fsp3) is 0.658. The third kappa shape index (κ3) is 69.0. The fourth-order valence-electron chi connectivity index (χ4n) is 9.07. The van der Waals surface area contributed by atoms with Gasteiger partial charge >= 0.3 is 11.9 Å². The number of quaternary nitrogens is 1. The zero-order chi connectivity index (χ0) is 62.6. The van der Waals surface area contributed by atoms with E-state index in [1.807, 2.05) is 21.1 Å². The number of allylic oxidation sites excluding steroid dienone is 24. The van der Waals surface area contributed by atoms with Gasteiger partial charge in [0.25, 0.3) is 7.82 Å². The predicted molar refractivity (Wildman–Crippen MR) is 369 cm³/mol. The van der Waals surface area contributed by atoms with Crippen molar-refractivity contribution in [1.82, 2.24) is 0 Å². The van der Waals surface area contributed by atoms with Crippen molar-refractivity contribution in [2.45, 2.75) is 277 Å². The van der Waals surface area contributed by atoms with Gasteiger partial charge in [0.1, 0.15) is 19.8 Å². The highest BCUT2D eigenvalue weighted by atomic mass is 31.2. The van der Waals surface area contributed by atoms with Crippen LogP contribution in [0.15, 0.2) is 146 Å². The molecule has 0 saturated heterocycles. The molecule has 0 fully saturated rings. The number of hydrogen-bond acceptors (Lipinski definition) is 8. The van der Waals surface area contributed by atoms with Gasteiger partial charge in [0.2, 0.25) is 0 Å². The lowest BCUT2D eigenvalue weighted by Crippen LogP contribution is -2.37. The molecule has 2 unspecified atom stereocenters. The van der Waals surface area contributed by atoms with E-state index in [-0.39, 0.29) is 26.1 Å². The Morgan fingerprint density at radius 1 is 0.372 bits per heavy atom. The minimum Gasteiger partial charge on any atom is -0.756 e. The van der Waals surface area contributed by atoms with E-state index in [0.717, 1.165) is 109 Å². The smallest absolute Gasteiger partial charge is 0.306 e. The van der Waals surface area contributed by atoms with Gasteiger partial charge in [0.05, 0.1) is 27.7 Å². The zero-order valence-electron chi connectivity index (χ0n) is 55.7. The summed E-state index contributed by atoms with van der Waals surface area (Å²) < 4.78 is 34.2. The Kier molecular flexibility index (Phi) is 62.2. The van der Waals surface area contributed by atoms with E-state index < -0.39 is 32.5 Å². The summed E-state index contributed by atoms with van der Waals surface area (Å²) >= 11 is 0. The Hall–Kier alpha value is -4.11. The highest BCUT2D eigenvalue weighted by Crippen LogP contribution is 2.38. The summed E-state index contributed by atoms with van der Waals surface area (Å²) in [5.41, 5.74) is 0. The van der Waals surface area contributed by atoms with Crippen LogP contribution >= 0.6 is 7.82 Å². The lowest BCUT2D eigenvalue weighted by molar-refractivity contribution is -0.870. The van der Waals surface area contributed by atoms with Crippen molar-refractivity contribution in [3.05, 3.63) is 146 Å². The summed E-state index contributed by atoms with van der Waals surface area (Å²) in [5, 5.41) is 0. The second-order valence-electron chi connectivity index (χ2n) is 23.8. The minimum absolute atomic E-state index is 0.0446. The van der Waals surface area contributed by atoms with Gasteiger partial charge in [-0.2, -0.15) is 0 Å². The number of rotatable bonds is 62. The van der Waals surface area contributed by atoms with Crippen LogP contribution < -0.4 is 4.89 Å². The van der Waals surface area contributed by atoms with Crippen LogP contribution in [0.25, 0.3) is 0 Å². The molecule has 0 aliphatic rings. The van der Waals surface area contributed by atoms with Crippen LogP contribution in [0.2, 0.25) is 0 Å². The molecule has 10 heteroatoms. The molecule has 0 spiro atoms. The summed E-state index contributed by atoms with van der Waals surface area (Å²) in [6, 6.07) is 0. The topological polar surface area (TPSA) is 111 Å². The van der Waals surface area contributed by atoms with Gasteiger partial charge in [0, 0.05) is 12.8 Å². The van der Waals surface area contributed by atoms with Crippen molar-refractivity contribution in [3.8, 4) is 0 Å². The van der Waals surface area contributed by atoms with Crippen LogP contribution in [-0.2, 0) is 32.7 Å². The van der Waals surface area contributed by atoms with Crippen LogP contribution in [0.5, 0.6) is 0 Å². The lowest BCUT2D eigenvalue weighted by Gasteiger charge is -2.28. The van der Waals surface area contributed by atoms with Crippen LogP contribution in [0.3, 0.4) is 0 Å². The van der Waals surface area contributed by atoms with E-state index in [0.29, 0.717) is 17.4 Å². The van der Waals surface area contributed by atoms with Crippen LogP contribution in [0.4, 0.5) is 0 Å². The van der Waals surface area contributed by atoms with Crippen molar-refractivity contribution in [1.29, 1.82) is 0 Å². The number of hydrogen-bond donors (Lipinski definition) is 0. The van der Waals surface area contributed by atoms with Gasteiger partial charge in [-0.15, -0.1) is 0 Å². The summed E-state index contributed by atoms with van der Waals surface area (Å²) in [4.78, 5) is 38.0. The maximum absolute atomic E-state index is 12.8.